The summed E-state index contributed by atoms with van der Waals surface area (Å²) in [7, 11) is 0. The van der Waals surface area contributed by atoms with Crippen LogP contribution in [0.1, 0.15) is 13.3 Å². The molecule has 8 heteroatoms. The summed E-state index contributed by atoms with van der Waals surface area (Å²) in [5.41, 5.74) is 2.71. The topological polar surface area (TPSA) is 59.3 Å². The van der Waals surface area contributed by atoms with Crippen LogP contribution in [0.25, 0.3) is 16.7 Å². The van der Waals surface area contributed by atoms with Crippen LogP contribution < -0.4 is 14.5 Å². The van der Waals surface area contributed by atoms with Crippen molar-refractivity contribution in [1.29, 1.82) is 0 Å². The van der Waals surface area contributed by atoms with Crippen molar-refractivity contribution in [2.24, 2.45) is 0 Å². The first-order chi connectivity index (χ1) is 15.8. The van der Waals surface area contributed by atoms with Crippen molar-refractivity contribution in [1.82, 2.24) is 19.7 Å². The Kier molecular flexibility index (Phi) is 5.81. The van der Waals surface area contributed by atoms with Crippen molar-refractivity contribution in [2.75, 3.05) is 42.6 Å². The van der Waals surface area contributed by atoms with E-state index < -0.39 is 0 Å². The molecule has 1 aliphatic heterocycles. The number of aromatic nitrogens is 4. The predicted molar refractivity (Wildman–Crippen MR) is 128 cm³/mol. The van der Waals surface area contributed by atoms with Crippen molar-refractivity contribution in [3.05, 3.63) is 66.1 Å². The molecule has 5 rings (SSSR count). The number of anilines is 2. The molecule has 0 bridgehead atoms. The number of fused-ring (bicyclic) bond motifs is 1. The van der Waals surface area contributed by atoms with E-state index in [2.05, 4.69) is 37.0 Å². The van der Waals surface area contributed by atoms with Crippen LogP contribution in [0.2, 0.25) is 5.02 Å². The van der Waals surface area contributed by atoms with Gasteiger partial charge in [0.15, 0.2) is 5.65 Å². The van der Waals surface area contributed by atoms with Gasteiger partial charge in [-0.25, -0.2) is 14.6 Å². The first-order valence-corrected chi connectivity index (χ1v) is 11.3. The molecule has 1 aliphatic rings. The third-order valence-corrected chi connectivity index (χ3v) is 6.05. The van der Waals surface area contributed by atoms with E-state index >= 15 is 0 Å². The Morgan fingerprint density at radius 2 is 1.66 bits per heavy atom. The lowest BCUT2D eigenvalue weighted by atomic mass is 10.2. The molecule has 1 saturated heterocycles. The Bertz CT molecular complexity index is 1230. The largest absolute Gasteiger partial charge is 0.492 e. The molecular weight excluding hydrogens is 424 g/mol. The smallest absolute Gasteiger partial charge is 0.168 e. The van der Waals surface area contributed by atoms with E-state index in [1.165, 1.54) is 0 Å². The van der Waals surface area contributed by atoms with E-state index in [1.807, 2.05) is 49.5 Å². The summed E-state index contributed by atoms with van der Waals surface area (Å²) in [6.45, 7) is 6.29. The zero-order valence-corrected chi connectivity index (χ0v) is 18.7. The Balaban J connectivity index is 1.43. The molecule has 2 aromatic heterocycles. The maximum absolute atomic E-state index is 6.41. The molecule has 0 amide bonds. The molecule has 164 valence electrons. The minimum atomic E-state index is 0.635. The molecule has 0 spiro atoms. The molecule has 0 N–H and O–H groups in total. The van der Waals surface area contributed by atoms with E-state index in [1.54, 1.807) is 11.0 Å². The maximum Gasteiger partial charge on any atom is 0.168 e. The number of nitrogens with zero attached hydrogens (tertiary/aromatic N) is 6. The van der Waals surface area contributed by atoms with Crippen molar-refractivity contribution in [3.8, 4) is 11.4 Å². The lowest BCUT2D eigenvalue weighted by Crippen LogP contribution is -2.31. The number of para-hydroxylation sites is 3. The fraction of sp³-hybridized carbons (Fsp3) is 0.292. The molecule has 7 nitrogen and oxygen atoms in total. The average molecular weight is 449 g/mol. The molecule has 0 saturated carbocycles. The van der Waals surface area contributed by atoms with Crippen LogP contribution in [0.3, 0.4) is 0 Å². The maximum atomic E-state index is 6.41. The van der Waals surface area contributed by atoms with Crippen molar-refractivity contribution in [3.63, 3.8) is 0 Å². The third-order valence-electron chi connectivity index (χ3n) is 5.73. The van der Waals surface area contributed by atoms with Crippen LogP contribution in [0.4, 0.5) is 11.5 Å². The second kappa shape index (κ2) is 9.04. The molecule has 0 aliphatic carbocycles. The fourth-order valence-corrected chi connectivity index (χ4v) is 4.47. The van der Waals surface area contributed by atoms with Crippen LogP contribution in [-0.4, -0.2) is 52.5 Å². The summed E-state index contributed by atoms with van der Waals surface area (Å²) in [4.78, 5) is 13.9. The van der Waals surface area contributed by atoms with Gasteiger partial charge in [-0.3, -0.25) is 0 Å². The van der Waals surface area contributed by atoms with Gasteiger partial charge in [-0.15, -0.1) is 0 Å². The third kappa shape index (κ3) is 3.84. The van der Waals surface area contributed by atoms with Gasteiger partial charge in [0.1, 0.15) is 17.9 Å². The van der Waals surface area contributed by atoms with Gasteiger partial charge in [0.2, 0.25) is 0 Å². The van der Waals surface area contributed by atoms with Gasteiger partial charge in [0, 0.05) is 26.2 Å². The van der Waals surface area contributed by atoms with E-state index in [9.17, 15) is 0 Å². The number of benzene rings is 2. The number of hydrogen-bond donors (Lipinski definition) is 0. The van der Waals surface area contributed by atoms with Crippen LogP contribution in [0.5, 0.6) is 5.75 Å². The van der Waals surface area contributed by atoms with E-state index in [4.69, 9.17) is 16.3 Å². The van der Waals surface area contributed by atoms with Crippen molar-refractivity contribution in [2.45, 2.75) is 13.3 Å². The minimum absolute atomic E-state index is 0.635. The fourth-order valence-electron chi connectivity index (χ4n) is 4.25. The second-order valence-electron chi connectivity index (χ2n) is 7.67. The predicted octanol–water partition coefficient (Wildman–Crippen LogP) is 4.58. The minimum Gasteiger partial charge on any atom is -0.492 e. The first-order valence-electron chi connectivity index (χ1n) is 10.9. The van der Waals surface area contributed by atoms with Gasteiger partial charge >= 0.3 is 0 Å². The molecule has 1 fully saturated rings. The van der Waals surface area contributed by atoms with E-state index in [-0.39, 0.29) is 0 Å². The summed E-state index contributed by atoms with van der Waals surface area (Å²) in [6.07, 6.45) is 4.46. The summed E-state index contributed by atoms with van der Waals surface area (Å²) >= 11 is 6.41. The Hall–Kier alpha value is -3.32. The Morgan fingerprint density at radius 3 is 2.50 bits per heavy atom. The standard InChI is InChI=1S/C24H25ClN6O/c1-2-32-22-11-6-5-10-21(22)29-12-7-13-30(15-14-29)23-18-16-28-31(24(18)27-17-26-23)20-9-4-3-8-19(20)25/h3-6,8-11,16-17H,2,7,12-15H2,1H3. The zero-order chi connectivity index (χ0) is 21.9. The first kappa shape index (κ1) is 20.6. The van der Waals surface area contributed by atoms with E-state index in [0.29, 0.717) is 11.6 Å². The number of ether oxygens (including phenoxy) is 1. The number of hydrogen-bond acceptors (Lipinski definition) is 6. The van der Waals surface area contributed by atoms with Crippen molar-refractivity contribution < 1.29 is 4.74 Å². The van der Waals surface area contributed by atoms with Gasteiger partial charge in [-0.2, -0.15) is 5.10 Å². The molecule has 3 heterocycles. The monoisotopic (exact) mass is 448 g/mol. The molecule has 0 atom stereocenters. The highest BCUT2D eigenvalue weighted by Crippen LogP contribution is 2.31. The number of rotatable bonds is 5. The molecule has 4 aromatic rings. The van der Waals surface area contributed by atoms with Crippen LogP contribution in [0.15, 0.2) is 61.1 Å². The molecule has 0 unspecified atom stereocenters. The van der Waals surface area contributed by atoms with Gasteiger partial charge in [-0.1, -0.05) is 35.9 Å². The average Bonchev–Trinajstić information content (AvgIpc) is 3.10. The van der Waals surface area contributed by atoms with Gasteiger partial charge in [-0.05, 0) is 37.6 Å². The summed E-state index contributed by atoms with van der Waals surface area (Å²) < 4.78 is 7.64. The highest BCUT2D eigenvalue weighted by molar-refractivity contribution is 6.32. The second-order valence-corrected chi connectivity index (χ2v) is 8.08. The van der Waals surface area contributed by atoms with Crippen molar-refractivity contribution >= 4 is 34.1 Å². The summed E-state index contributed by atoms with van der Waals surface area (Å²) in [6, 6.07) is 15.9. The number of halogens is 1. The Morgan fingerprint density at radius 1 is 0.906 bits per heavy atom. The summed E-state index contributed by atoms with van der Waals surface area (Å²) in [5, 5.41) is 6.14. The molecular formula is C24H25ClN6O. The Labute approximate surface area is 192 Å². The van der Waals surface area contributed by atoms with Crippen LogP contribution in [0, 0.1) is 0 Å². The van der Waals surface area contributed by atoms with Crippen LogP contribution in [-0.2, 0) is 0 Å². The lowest BCUT2D eigenvalue weighted by molar-refractivity contribution is 0.340. The normalized spacial score (nSPS) is 14.6. The van der Waals surface area contributed by atoms with E-state index in [0.717, 1.165) is 66.6 Å². The molecule has 2 aromatic carbocycles. The molecule has 32 heavy (non-hydrogen) atoms. The quantitative estimate of drug-likeness (QED) is 0.445. The highest BCUT2D eigenvalue weighted by Gasteiger charge is 2.22. The zero-order valence-electron chi connectivity index (χ0n) is 18.0. The summed E-state index contributed by atoms with van der Waals surface area (Å²) in [5.74, 6) is 1.85. The highest BCUT2D eigenvalue weighted by atomic mass is 35.5. The SMILES string of the molecule is CCOc1ccccc1N1CCCN(c2ncnc3c2cnn3-c2ccccc2Cl)CC1. The molecule has 0 radical (unpaired) electrons. The van der Waals surface area contributed by atoms with Gasteiger partial charge < -0.3 is 14.5 Å². The van der Waals surface area contributed by atoms with Gasteiger partial charge in [0.05, 0.1) is 34.6 Å². The lowest BCUT2D eigenvalue weighted by Gasteiger charge is -2.26. The van der Waals surface area contributed by atoms with Crippen LogP contribution >= 0.6 is 11.6 Å². The van der Waals surface area contributed by atoms with Gasteiger partial charge in [0.25, 0.3) is 0 Å².